The SMILES string of the molecule is CC(c1nc2ccccc2s1)N(C)Cc1cnc(N)s1. The van der Waals surface area contributed by atoms with Gasteiger partial charge in [-0.25, -0.2) is 9.97 Å². The first-order valence-electron chi connectivity index (χ1n) is 6.39. The van der Waals surface area contributed by atoms with Gasteiger partial charge >= 0.3 is 0 Å². The molecule has 1 aromatic carbocycles. The number of anilines is 1. The molecular formula is C14H16N4S2. The largest absolute Gasteiger partial charge is 0.375 e. The number of hydrogen-bond donors (Lipinski definition) is 1. The molecule has 0 fully saturated rings. The molecule has 1 atom stereocenters. The van der Waals surface area contributed by atoms with Gasteiger partial charge in [0, 0.05) is 17.6 Å². The number of hydrogen-bond acceptors (Lipinski definition) is 6. The molecule has 6 heteroatoms. The van der Waals surface area contributed by atoms with Crippen molar-refractivity contribution in [1.82, 2.24) is 14.9 Å². The van der Waals surface area contributed by atoms with E-state index in [0.717, 1.165) is 17.1 Å². The highest BCUT2D eigenvalue weighted by molar-refractivity contribution is 7.18. The highest BCUT2D eigenvalue weighted by atomic mass is 32.1. The Labute approximate surface area is 125 Å². The van der Waals surface area contributed by atoms with Crippen molar-refractivity contribution in [2.45, 2.75) is 19.5 Å². The number of nitrogens with two attached hydrogens (primary N) is 1. The Balaban J connectivity index is 1.78. The Bertz CT molecular complexity index is 686. The Morgan fingerprint density at radius 3 is 2.80 bits per heavy atom. The van der Waals surface area contributed by atoms with Gasteiger partial charge in [0.1, 0.15) is 5.01 Å². The van der Waals surface area contributed by atoms with E-state index in [1.165, 1.54) is 9.58 Å². The van der Waals surface area contributed by atoms with E-state index in [-0.39, 0.29) is 6.04 Å². The molecule has 3 rings (SSSR count). The maximum atomic E-state index is 5.67. The number of nitrogens with zero attached hydrogens (tertiary/aromatic N) is 3. The molecule has 0 radical (unpaired) electrons. The third kappa shape index (κ3) is 2.67. The van der Waals surface area contributed by atoms with Crippen molar-refractivity contribution in [3.63, 3.8) is 0 Å². The van der Waals surface area contributed by atoms with Crippen LogP contribution in [0.15, 0.2) is 30.5 Å². The van der Waals surface area contributed by atoms with Gasteiger partial charge in [-0.15, -0.1) is 22.7 Å². The first kappa shape index (κ1) is 13.5. The zero-order valence-electron chi connectivity index (χ0n) is 11.4. The van der Waals surface area contributed by atoms with Crippen LogP contribution < -0.4 is 5.73 Å². The molecular weight excluding hydrogens is 288 g/mol. The minimum Gasteiger partial charge on any atom is -0.375 e. The van der Waals surface area contributed by atoms with Crippen molar-refractivity contribution in [1.29, 1.82) is 0 Å². The number of rotatable bonds is 4. The molecule has 1 unspecified atom stereocenters. The zero-order valence-corrected chi connectivity index (χ0v) is 13.0. The van der Waals surface area contributed by atoms with Gasteiger partial charge in [0.2, 0.25) is 0 Å². The molecule has 0 aliphatic rings. The molecule has 20 heavy (non-hydrogen) atoms. The van der Waals surface area contributed by atoms with Gasteiger partial charge in [-0.05, 0) is 26.1 Å². The van der Waals surface area contributed by atoms with Crippen LogP contribution in [0.1, 0.15) is 22.9 Å². The quantitative estimate of drug-likeness (QED) is 0.801. The molecule has 0 aliphatic heterocycles. The van der Waals surface area contributed by atoms with Crippen LogP contribution in [0.25, 0.3) is 10.2 Å². The normalized spacial score (nSPS) is 13.2. The average Bonchev–Trinajstić information content (AvgIpc) is 3.03. The maximum Gasteiger partial charge on any atom is 0.180 e. The smallest absolute Gasteiger partial charge is 0.180 e. The third-order valence-corrected chi connectivity index (χ3v) is 5.32. The van der Waals surface area contributed by atoms with Gasteiger partial charge in [0.05, 0.1) is 16.3 Å². The molecule has 2 aromatic heterocycles. The first-order chi connectivity index (χ1) is 9.63. The minimum absolute atomic E-state index is 0.274. The molecule has 4 nitrogen and oxygen atoms in total. The summed E-state index contributed by atoms with van der Waals surface area (Å²) in [6.45, 7) is 3.02. The second kappa shape index (κ2) is 5.47. The molecule has 0 bridgehead atoms. The Hall–Kier alpha value is -1.50. The second-order valence-electron chi connectivity index (χ2n) is 4.78. The van der Waals surface area contributed by atoms with E-state index in [1.54, 1.807) is 22.7 Å². The highest BCUT2D eigenvalue weighted by Crippen LogP contribution is 2.30. The van der Waals surface area contributed by atoms with Crippen LogP contribution in [0.2, 0.25) is 0 Å². The molecule has 0 amide bonds. The highest BCUT2D eigenvalue weighted by Gasteiger charge is 2.17. The van der Waals surface area contributed by atoms with E-state index in [4.69, 9.17) is 10.7 Å². The monoisotopic (exact) mass is 304 g/mol. The summed E-state index contributed by atoms with van der Waals surface area (Å²) in [4.78, 5) is 12.3. The maximum absolute atomic E-state index is 5.67. The van der Waals surface area contributed by atoms with Crippen LogP contribution in [-0.4, -0.2) is 21.9 Å². The number of fused-ring (bicyclic) bond motifs is 1. The average molecular weight is 304 g/mol. The Morgan fingerprint density at radius 2 is 2.10 bits per heavy atom. The predicted octanol–water partition coefficient (Wildman–Crippen LogP) is 3.53. The number of thiazole rings is 2. The molecule has 0 spiro atoms. The molecule has 2 N–H and O–H groups in total. The lowest BCUT2D eigenvalue weighted by Crippen LogP contribution is -2.21. The van der Waals surface area contributed by atoms with Crippen molar-refractivity contribution in [3.05, 3.63) is 40.3 Å². The van der Waals surface area contributed by atoms with Gasteiger partial charge < -0.3 is 5.73 Å². The van der Waals surface area contributed by atoms with E-state index in [9.17, 15) is 0 Å². The number of nitrogen functional groups attached to an aromatic ring is 1. The van der Waals surface area contributed by atoms with Crippen LogP contribution >= 0.6 is 22.7 Å². The number of para-hydroxylation sites is 1. The van der Waals surface area contributed by atoms with Gasteiger partial charge in [0.15, 0.2) is 5.13 Å². The first-order valence-corrected chi connectivity index (χ1v) is 8.02. The van der Waals surface area contributed by atoms with E-state index in [0.29, 0.717) is 5.13 Å². The lowest BCUT2D eigenvalue weighted by Gasteiger charge is -2.21. The fraction of sp³-hybridized carbons (Fsp3) is 0.286. The Morgan fingerprint density at radius 1 is 1.30 bits per heavy atom. The summed E-state index contributed by atoms with van der Waals surface area (Å²) in [7, 11) is 2.10. The van der Waals surface area contributed by atoms with Crippen LogP contribution in [0.5, 0.6) is 0 Å². The van der Waals surface area contributed by atoms with Crippen molar-refractivity contribution in [3.8, 4) is 0 Å². The Kier molecular flexibility index (Phi) is 3.69. The van der Waals surface area contributed by atoms with Gasteiger partial charge in [-0.2, -0.15) is 0 Å². The molecule has 104 valence electrons. The molecule has 0 saturated carbocycles. The van der Waals surface area contributed by atoms with E-state index >= 15 is 0 Å². The second-order valence-corrected chi connectivity index (χ2v) is 6.98. The summed E-state index contributed by atoms with van der Waals surface area (Å²) in [6.07, 6.45) is 1.85. The lowest BCUT2D eigenvalue weighted by molar-refractivity contribution is 0.255. The van der Waals surface area contributed by atoms with Crippen LogP contribution in [0, 0.1) is 0 Å². The summed E-state index contributed by atoms with van der Waals surface area (Å²) in [5, 5.41) is 1.77. The zero-order chi connectivity index (χ0) is 14.1. The van der Waals surface area contributed by atoms with Crippen LogP contribution in [0.4, 0.5) is 5.13 Å². The number of benzene rings is 1. The van der Waals surface area contributed by atoms with Crippen LogP contribution in [0.3, 0.4) is 0 Å². The lowest BCUT2D eigenvalue weighted by atomic mass is 10.3. The summed E-state index contributed by atoms with van der Waals surface area (Å²) < 4.78 is 1.24. The van der Waals surface area contributed by atoms with Crippen molar-refractivity contribution < 1.29 is 0 Å². The topological polar surface area (TPSA) is 55.0 Å². The number of aromatic nitrogens is 2. The summed E-state index contributed by atoms with van der Waals surface area (Å²) in [5.41, 5.74) is 6.75. The van der Waals surface area contributed by atoms with Crippen molar-refractivity contribution in [2.24, 2.45) is 0 Å². The van der Waals surface area contributed by atoms with E-state index in [1.807, 2.05) is 12.3 Å². The minimum atomic E-state index is 0.274. The summed E-state index contributed by atoms with van der Waals surface area (Å²) >= 11 is 3.30. The fourth-order valence-electron chi connectivity index (χ4n) is 2.04. The molecule has 0 saturated heterocycles. The standard InChI is InChI=1S/C14H16N4S2/c1-9(18(2)8-10-7-16-14(15)19-10)13-17-11-5-3-4-6-12(11)20-13/h3-7,9H,8H2,1-2H3,(H2,15,16). The van der Waals surface area contributed by atoms with Gasteiger partial charge in [0.25, 0.3) is 0 Å². The van der Waals surface area contributed by atoms with E-state index in [2.05, 4.69) is 42.1 Å². The fourth-order valence-corrected chi connectivity index (χ4v) is 3.87. The van der Waals surface area contributed by atoms with Crippen LogP contribution in [-0.2, 0) is 6.54 Å². The molecule has 0 aliphatic carbocycles. The van der Waals surface area contributed by atoms with Crippen molar-refractivity contribution >= 4 is 38.0 Å². The summed E-state index contributed by atoms with van der Waals surface area (Å²) in [6, 6.07) is 8.54. The van der Waals surface area contributed by atoms with E-state index < -0.39 is 0 Å². The third-order valence-electron chi connectivity index (χ3n) is 3.31. The van der Waals surface area contributed by atoms with Gasteiger partial charge in [-0.1, -0.05) is 12.1 Å². The predicted molar refractivity (Wildman–Crippen MR) is 86.0 cm³/mol. The van der Waals surface area contributed by atoms with Crippen molar-refractivity contribution in [2.75, 3.05) is 12.8 Å². The summed E-state index contributed by atoms with van der Waals surface area (Å²) in [5.74, 6) is 0. The molecule has 2 heterocycles. The van der Waals surface area contributed by atoms with Gasteiger partial charge in [-0.3, -0.25) is 4.90 Å². The molecule has 3 aromatic rings.